The second kappa shape index (κ2) is 9.63. The lowest BCUT2D eigenvalue weighted by atomic mass is 10.00. The summed E-state index contributed by atoms with van der Waals surface area (Å²) < 4.78 is 49.2. The summed E-state index contributed by atoms with van der Waals surface area (Å²) in [4.78, 5) is 14.2. The molecule has 0 N–H and O–H groups in total. The molecule has 7 heteroatoms. The minimum Gasteiger partial charge on any atom is -0.410 e. The van der Waals surface area contributed by atoms with E-state index in [1.165, 1.54) is 23.1 Å². The SMILES string of the molecule is CCN(CC)C(=O)Oc1ccc2c(ccn2Cc2cc(F)ccc2C)c1-c1ccc(F)c(F)c1. The monoisotopic (exact) mass is 466 g/mol. The molecule has 1 aromatic heterocycles. The number of fused-ring (bicyclic) bond motifs is 1. The molecule has 0 atom stereocenters. The second-order valence-corrected chi connectivity index (χ2v) is 8.06. The van der Waals surface area contributed by atoms with E-state index in [4.69, 9.17) is 4.74 Å². The Morgan fingerprint density at radius 1 is 0.941 bits per heavy atom. The molecule has 4 rings (SSSR count). The van der Waals surface area contributed by atoms with Crippen LogP contribution in [0.4, 0.5) is 18.0 Å². The van der Waals surface area contributed by atoms with Gasteiger partial charge in [-0.3, -0.25) is 0 Å². The van der Waals surface area contributed by atoms with Gasteiger partial charge in [0.15, 0.2) is 11.6 Å². The summed E-state index contributed by atoms with van der Waals surface area (Å²) in [6.07, 6.45) is 1.32. The molecule has 3 aromatic carbocycles. The maximum atomic E-state index is 14.1. The van der Waals surface area contributed by atoms with E-state index in [2.05, 4.69) is 0 Å². The molecule has 0 aliphatic rings. The van der Waals surface area contributed by atoms with E-state index in [0.717, 1.165) is 28.8 Å². The van der Waals surface area contributed by atoms with Gasteiger partial charge in [-0.15, -0.1) is 0 Å². The first-order valence-corrected chi connectivity index (χ1v) is 11.1. The molecule has 0 aliphatic heterocycles. The first-order chi connectivity index (χ1) is 16.3. The van der Waals surface area contributed by atoms with Gasteiger partial charge in [0.05, 0.1) is 0 Å². The third kappa shape index (κ3) is 4.51. The molecule has 0 saturated carbocycles. The molecule has 0 saturated heterocycles. The van der Waals surface area contributed by atoms with Crippen molar-refractivity contribution in [1.29, 1.82) is 0 Å². The highest BCUT2D eigenvalue weighted by atomic mass is 19.2. The zero-order valence-corrected chi connectivity index (χ0v) is 19.2. The van der Waals surface area contributed by atoms with Crippen LogP contribution in [0, 0.1) is 24.4 Å². The fraction of sp³-hybridized carbons (Fsp3) is 0.222. The van der Waals surface area contributed by atoms with Gasteiger partial charge in [0.25, 0.3) is 0 Å². The fourth-order valence-corrected chi connectivity index (χ4v) is 4.06. The summed E-state index contributed by atoms with van der Waals surface area (Å²) in [5.41, 5.74) is 3.42. The molecular weight excluding hydrogens is 441 g/mol. The number of aromatic nitrogens is 1. The van der Waals surface area contributed by atoms with E-state index in [1.54, 1.807) is 18.2 Å². The van der Waals surface area contributed by atoms with Gasteiger partial charge in [0, 0.05) is 42.3 Å². The highest BCUT2D eigenvalue weighted by molar-refractivity contribution is 5.99. The van der Waals surface area contributed by atoms with Crippen molar-refractivity contribution in [2.45, 2.75) is 27.3 Å². The average molecular weight is 467 g/mol. The highest BCUT2D eigenvalue weighted by Gasteiger charge is 2.20. The quantitative estimate of drug-likeness (QED) is 0.309. The summed E-state index contributed by atoms with van der Waals surface area (Å²) in [6.45, 7) is 6.97. The number of halogens is 3. The van der Waals surface area contributed by atoms with Crippen LogP contribution in [-0.2, 0) is 6.54 Å². The van der Waals surface area contributed by atoms with E-state index in [9.17, 15) is 18.0 Å². The van der Waals surface area contributed by atoms with Gasteiger partial charge in [-0.1, -0.05) is 12.1 Å². The molecular formula is C27H25F3N2O2. The summed E-state index contributed by atoms with van der Waals surface area (Å²) in [7, 11) is 0. The fourth-order valence-electron chi connectivity index (χ4n) is 4.06. The molecule has 0 fully saturated rings. The number of carbonyl (C=O) groups is 1. The molecule has 0 radical (unpaired) electrons. The van der Waals surface area contributed by atoms with Crippen LogP contribution in [0.1, 0.15) is 25.0 Å². The third-order valence-corrected chi connectivity index (χ3v) is 5.99. The van der Waals surface area contributed by atoms with Crippen LogP contribution in [0.5, 0.6) is 5.75 Å². The molecule has 0 unspecified atom stereocenters. The van der Waals surface area contributed by atoms with E-state index in [0.29, 0.717) is 36.1 Å². The Labute approximate surface area is 196 Å². The van der Waals surface area contributed by atoms with Gasteiger partial charge in [-0.2, -0.15) is 0 Å². The van der Waals surface area contributed by atoms with Crippen LogP contribution in [0.25, 0.3) is 22.0 Å². The molecule has 0 aliphatic carbocycles. The van der Waals surface area contributed by atoms with Crippen molar-refractivity contribution >= 4 is 17.0 Å². The molecule has 1 heterocycles. The number of ether oxygens (including phenoxy) is 1. The summed E-state index contributed by atoms with van der Waals surface area (Å²) in [5.74, 6) is -2.03. The lowest BCUT2D eigenvalue weighted by Crippen LogP contribution is -2.33. The zero-order chi connectivity index (χ0) is 24.4. The first-order valence-electron chi connectivity index (χ1n) is 11.1. The number of nitrogens with zero attached hydrogens (tertiary/aromatic N) is 2. The standard InChI is InChI=1S/C27H25F3N2O2/c1-4-31(5-2)27(33)34-25-11-10-24-21(26(25)18-7-9-22(29)23(30)15-18)12-13-32(24)16-19-14-20(28)8-6-17(19)3/h6-15H,4-5,16H2,1-3H3. The normalized spacial score (nSPS) is 11.1. The maximum Gasteiger partial charge on any atom is 0.415 e. The number of rotatable bonds is 6. The number of amides is 1. The molecule has 0 bridgehead atoms. The third-order valence-electron chi connectivity index (χ3n) is 5.99. The van der Waals surface area contributed by atoms with Crippen molar-refractivity contribution in [3.63, 3.8) is 0 Å². The van der Waals surface area contributed by atoms with Gasteiger partial charge < -0.3 is 14.2 Å². The Balaban J connectivity index is 1.85. The van der Waals surface area contributed by atoms with E-state index in [1.807, 2.05) is 37.6 Å². The van der Waals surface area contributed by atoms with Crippen molar-refractivity contribution < 1.29 is 22.7 Å². The Kier molecular flexibility index (Phi) is 6.63. The van der Waals surface area contributed by atoms with Crippen molar-refractivity contribution in [1.82, 2.24) is 9.47 Å². The van der Waals surface area contributed by atoms with Crippen molar-refractivity contribution in [3.8, 4) is 16.9 Å². The van der Waals surface area contributed by atoms with Crippen LogP contribution >= 0.6 is 0 Å². The lowest BCUT2D eigenvalue weighted by Gasteiger charge is -2.20. The van der Waals surface area contributed by atoms with Crippen LogP contribution in [0.2, 0.25) is 0 Å². The van der Waals surface area contributed by atoms with Gasteiger partial charge in [0.1, 0.15) is 11.6 Å². The molecule has 1 amide bonds. The van der Waals surface area contributed by atoms with Crippen LogP contribution < -0.4 is 4.74 Å². The van der Waals surface area contributed by atoms with Gasteiger partial charge in [-0.25, -0.2) is 18.0 Å². The van der Waals surface area contributed by atoms with E-state index < -0.39 is 17.7 Å². The van der Waals surface area contributed by atoms with E-state index >= 15 is 0 Å². The Morgan fingerprint density at radius 2 is 1.71 bits per heavy atom. The predicted molar refractivity (Wildman–Crippen MR) is 126 cm³/mol. The van der Waals surface area contributed by atoms with Crippen molar-refractivity contribution in [2.75, 3.05) is 13.1 Å². The maximum absolute atomic E-state index is 14.1. The van der Waals surface area contributed by atoms with Crippen LogP contribution in [-0.4, -0.2) is 28.6 Å². The average Bonchev–Trinajstić information content (AvgIpc) is 3.21. The summed E-state index contributed by atoms with van der Waals surface area (Å²) >= 11 is 0. The number of aryl methyl sites for hydroxylation is 1. The zero-order valence-electron chi connectivity index (χ0n) is 19.2. The van der Waals surface area contributed by atoms with Crippen molar-refractivity contribution in [3.05, 3.63) is 89.4 Å². The second-order valence-electron chi connectivity index (χ2n) is 8.06. The van der Waals surface area contributed by atoms with Gasteiger partial charge in [-0.05, 0) is 79.9 Å². The largest absolute Gasteiger partial charge is 0.415 e. The molecule has 4 aromatic rings. The van der Waals surface area contributed by atoms with Gasteiger partial charge >= 0.3 is 6.09 Å². The van der Waals surface area contributed by atoms with Crippen molar-refractivity contribution in [2.24, 2.45) is 0 Å². The molecule has 34 heavy (non-hydrogen) atoms. The number of carbonyl (C=O) groups excluding carboxylic acids is 1. The predicted octanol–water partition coefficient (Wildman–Crippen LogP) is 6.92. The number of hydrogen-bond acceptors (Lipinski definition) is 2. The molecule has 4 nitrogen and oxygen atoms in total. The Bertz CT molecular complexity index is 1360. The van der Waals surface area contributed by atoms with Crippen LogP contribution in [0.3, 0.4) is 0 Å². The Hall–Kier alpha value is -3.74. The van der Waals surface area contributed by atoms with Gasteiger partial charge in [0.2, 0.25) is 0 Å². The Morgan fingerprint density at radius 3 is 2.41 bits per heavy atom. The smallest absolute Gasteiger partial charge is 0.410 e. The molecule has 0 spiro atoms. The lowest BCUT2D eigenvalue weighted by molar-refractivity contribution is 0.157. The van der Waals surface area contributed by atoms with Crippen LogP contribution in [0.15, 0.2) is 60.8 Å². The topological polar surface area (TPSA) is 34.5 Å². The summed E-state index contributed by atoms with van der Waals surface area (Å²) in [6, 6.07) is 13.5. The number of hydrogen-bond donors (Lipinski definition) is 0. The molecule has 176 valence electrons. The minimum absolute atomic E-state index is 0.245. The minimum atomic E-state index is -0.995. The first kappa shape index (κ1) is 23.4. The highest BCUT2D eigenvalue weighted by Crippen LogP contribution is 2.39. The number of benzene rings is 3. The summed E-state index contributed by atoms with van der Waals surface area (Å²) in [5, 5.41) is 0.699. The van der Waals surface area contributed by atoms with E-state index in [-0.39, 0.29) is 11.6 Å².